The second-order valence-electron chi connectivity index (χ2n) is 3.89. The third-order valence-electron chi connectivity index (χ3n) is 2.75. The van der Waals surface area contributed by atoms with Crippen LogP contribution in [0.25, 0.3) is 0 Å². The van der Waals surface area contributed by atoms with Gasteiger partial charge >= 0.3 is 0 Å². The van der Waals surface area contributed by atoms with Crippen LogP contribution >= 0.6 is 0 Å². The van der Waals surface area contributed by atoms with E-state index < -0.39 is 0 Å². The summed E-state index contributed by atoms with van der Waals surface area (Å²) in [4.78, 5) is 0. The van der Waals surface area contributed by atoms with Crippen LogP contribution in [0, 0.1) is 29.1 Å². The second kappa shape index (κ2) is 4.47. The van der Waals surface area contributed by atoms with Gasteiger partial charge in [-0.15, -0.1) is 0 Å². The highest BCUT2D eigenvalue weighted by molar-refractivity contribution is 4.84. The van der Waals surface area contributed by atoms with Gasteiger partial charge in [-0.05, 0) is 24.2 Å². The van der Waals surface area contributed by atoms with Crippen LogP contribution in [-0.4, -0.2) is 13.2 Å². The Bertz CT molecular complexity index is 165. The summed E-state index contributed by atoms with van der Waals surface area (Å²) in [5.41, 5.74) is 0. The summed E-state index contributed by atoms with van der Waals surface area (Å²) in [5.74, 6) is 1.78. The minimum atomic E-state index is 0.539. The van der Waals surface area contributed by atoms with Gasteiger partial charge in [0, 0.05) is 19.6 Å². The van der Waals surface area contributed by atoms with E-state index in [4.69, 9.17) is 10.00 Å². The van der Waals surface area contributed by atoms with E-state index in [1.165, 1.54) is 0 Å². The molecule has 0 aromatic rings. The molecule has 0 radical (unpaired) electrons. The summed E-state index contributed by atoms with van der Waals surface area (Å²) in [6.45, 7) is 6.14. The van der Waals surface area contributed by atoms with Gasteiger partial charge in [0.1, 0.15) is 0 Å². The highest BCUT2D eigenvalue weighted by atomic mass is 16.5. The van der Waals surface area contributed by atoms with Crippen molar-refractivity contribution in [3.63, 3.8) is 0 Å². The van der Waals surface area contributed by atoms with Crippen molar-refractivity contribution in [1.29, 1.82) is 5.26 Å². The molecule has 1 aliphatic heterocycles. The molecule has 1 heterocycles. The Labute approximate surface area is 74.5 Å². The van der Waals surface area contributed by atoms with Gasteiger partial charge < -0.3 is 4.74 Å². The summed E-state index contributed by atoms with van der Waals surface area (Å²) in [6, 6.07) is 2.27. The maximum atomic E-state index is 8.66. The van der Waals surface area contributed by atoms with Gasteiger partial charge in [0.15, 0.2) is 0 Å². The average molecular weight is 167 g/mol. The smallest absolute Gasteiger partial charge is 0.0624 e. The number of ether oxygens (including phenoxy) is 1. The quantitative estimate of drug-likeness (QED) is 0.645. The molecule has 1 fully saturated rings. The number of hydrogen-bond acceptors (Lipinski definition) is 2. The van der Waals surface area contributed by atoms with Gasteiger partial charge in [-0.3, -0.25) is 0 Å². The summed E-state index contributed by atoms with van der Waals surface area (Å²) >= 11 is 0. The Morgan fingerprint density at radius 2 is 2.33 bits per heavy atom. The van der Waals surface area contributed by atoms with Crippen LogP contribution in [0.15, 0.2) is 0 Å². The molecule has 0 saturated carbocycles. The zero-order valence-corrected chi connectivity index (χ0v) is 7.92. The van der Waals surface area contributed by atoms with E-state index in [1.54, 1.807) is 0 Å². The van der Waals surface area contributed by atoms with E-state index in [1.807, 2.05) is 0 Å². The minimum absolute atomic E-state index is 0.539. The molecule has 0 amide bonds. The van der Waals surface area contributed by atoms with Crippen molar-refractivity contribution in [2.75, 3.05) is 13.2 Å². The highest BCUT2D eigenvalue weighted by Gasteiger charge is 2.27. The van der Waals surface area contributed by atoms with Crippen molar-refractivity contribution in [2.24, 2.45) is 17.8 Å². The lowest BCUT2D eigenvalue weighted by molar-refractivity contribution is 0.160. The second-order valence-corrected chi connectivity index (χ2v) is 3.89. The first-order valence-corrected chi connectivity index (χ1v) is 4.70. The molecule has 1 rings (SSSR count). The molecule has 0 N–H and O–H groups in total. The first kappa shape index (κ1) is 9.54. The molecule has 0 aromatic carbocycles. The largest absolute Gasteiger partial charge is 0.381 e. The normalized spacial score (nSPS) is 25.7. The number of hydrogen-bond donors (Lipinski definition) is 0. The Morgan fingerprint density at radius 1 is 1.58 bits per heavy atom. The number of rotatable bonds is 3. The van der Waals surface area contributed by atoms with Crippen molar-refractivity contribution in [3.05, 3.63) is 0 Å². The zero-order chi connectivity index (χ0) is 8.97. The first-order valence-electron chi connectivity index (χ1n) is 4.70. The molecule has 0 aromatic heterocycles. The van der Waals surface area contributed by atoms with Gasteiger partial charge in [0.2, 0.25) is 0 Å². The first-order chi connectivity index (χ1) is 5.75. The Morgan fingerprint density at radius 3 is 2.75 bits per heavy atom. The molecule has 2 unspecified atom stereocenters. The number of nitriles is 1. The molecule has 68 valence electrons. The van der Waals surface area contributed by atoms with Gasteiger partial charge in [0.05, 0.1) is 6.07 Å². The minimum Gasteiger partial charge on any atom is -0.381 e. The molecule has 12 heavy (non-hydrogen) atoms. The van der Waals surface area contributed by atoms with Crippen LogP contribution < -0.4 is 0 Å². The van der Waals surface area contributed by atoms with E-state index in [0.717, 1.165) is 19.6 Å². The van der Waals surface area contributed by atoms with E-state index in [2.05, 4.69) is 19.9 Å². The lowest BCUT2D eigenvalue weighted by Gasteiger charge is -2.23. The molecular weight excluding hydrogens is 150 g/mol. The lowest BCUT2D eigenvalue weighted by atomic mass is 9.81. The topological polar surface area (TPSA) is 33.0 Å². The Kier molecular flexibility index (Phi) is 3.55. The van der Waals surface area contributed by atoms with Crippen LogP contribution in [0.3, 0.4) is 0 Å². The Hall–Kier alpha value is -0.550. The Balaban J connectivity index is 2.47. The van der Waals surface area contributed by atoms with Crippen molar-refractivity contribution < 1.29 is 4.74 Å². The summed E-state index contributed by atoms with van der Waals surface area (Å²) in [6.07, 6.45) is 1.83. The molecule has 2 nitrogen and oxygen atoms in total. The highest BCUT2D eigenvalue weighted by Crippen LogP contribution is 2.30. The SMILES string of the molecule is CC(C)C(CC#N)C1CCOC1. The van der Waals surface area contributed by atoms with Crippen LogP contribution in [0.1, 0.15) is 26.7 Å². The molecule has 1 aliphatic rings. The van der Waals surface area contributed by atoms with Crippen molar-refractivity contribution in [2.45, 2.75) is 26.7 Å². The van der Waals surface area contributed by atoms with Crippen molar-refractivity contribution in [3.8, 4) is 6.07 Å². The van der Waals surface area contributed by atoms with Crippen LogP contribution in [-0.2, 0) is 4.74 Å². The summed E-state index contributed by atoms with van der Waals surface area (Å²) in [7, 11) is 0. The molecular formula is C10H17NO. The predicted octanol–water partition coefficient (Wildman–Crippen LogP) is 2.21. The average Bonchev–Trinajstić information content (AvgIpc) is 2.51. The molecule has 0 bridgehead atoms. The summed E-state index contributed by atoms with van der Waals surface area (Å²) in [5, 5.41) is 8.66. The van der Waals surface area contributed by atoms with E-state index >= 15 is 0 Å². The fraction of sp³-hybridized carbons (Fsp3) is 0.900. The number of nitrogens with zero attached hydrogens (tertiary/aromatic N) is 1. The fourth-order valence-corrected chi connectivity index (χ4v) is 1.94. The van der Waals surface area contributed by atoms with Crippen molar-refractivity contribution >= 4 is 0 Å². The van der Waals surface area contributed by atoms with Crippen LogP contribution in [0.2, 0.25) is 0 Å². The summed E-state index contributed by atoms with van der Waals surface area (Å²) < 4.78 is 5.33. The van der Waals surface area contributed by atoms with E-state index in [-0.39, 0.29) is 0 Å². The van der Waals surface area contributed by atoms with Crippen LogP contribution in [0.4, 0.5) is 0 Å². The fourth-order valence-electron chi connectivity index (χ4n) is 1.94. The van der Waals surface area contributed by atoms with E-state index in [9.17, 15) is 0 Å². The van der Waals surface area contributed by atoms with Gasteiger partial charge in [-0.2, -0.15) is 5.26 Å². The van der Waals surface area contributed by atoms with Crippen LogP contribution in [0.5, 0.6) is 0 Å². The molecule has 2 heteroatoms. The molecule has 0 spiro atoms. The molecule has 2 atom stereocenters. The lowest BCUT2D eigenvalue weighted by Crippen LogP contribution is -2.20. The van der Waals surface area contributed by atoms with Gasteiger partial charge in [0.25, 0.3) is 0 Å². The third-order valence-corrected chi connectivity index (χ3v) is 2.75. The maximum Gasteiger partial charge on any atom is 0.0624 e. The van der Waals surface area contributed by atoms with Gasteiger partial charge in [-0.1, -0.05) is 13.8 Å². The monoisotopic (exact) mass is 167 g/mol. The zero-order valence-electron chi connectivity index (χ0n) is 7.92. The molecule has 1 saturated heterocycles. The van der Waals surface area contributed by atoms with Gasteiger partial charge in [-0.25, -0.2) is 0 Å². The third kappa shape index (κ3) is 2.22. The van der Waals surface area contributed by atoms with Crippen molar-refractivity contribution in [1.82, 2.24) is 0 Å². The predicted molar refractivity (Wildman–Crippen MR) is 47.5 cm³/mol. The standard InChI is InChI=1S/C10H17NO/c1-8(2)10(3-5-11)9-4-6-12-7-9/h8-10H,3-4,6-7H2,1-2H3. The maximum absolute atomic E-state index is 8.66. The van der Waals surface area contributed by atoms with E-state index in [0.29, 0.717) is 24.2 Å². The molecule has 0 aliphatic carbocycles.